The van der Waals surface area contributed by atoms with Crippen LogP contribution in [0.1, 0.15) is 58.1 Å². The summed E-state index contributed by atoms with van der Waals surface area (Å²) in [6.45, 7) is 9.32. The summed E-state index contributed by atoms with van der Waals surface area (Å²) in [7, 11) is 0. The van der Waals surface area contributed by atoms with Gasteiger partial charge in [0.1, 0.15) is 5.76 Å². The summed E-state index contributed by atoms with van der Waals surface area (Å²) in [6.07, 6.45) is 4.20. The maximum atomic E-state index is 5.67. The maximum absolute atomic E-state index is 5.67. The van der Waals surface area contributed by atoms with E-state index in [9.17, 15) is 0 Å². The van der Waals surface area contributed by atoms with E-state index in [1.54, 1.807) is 0 Å². The number of hydrogen-bond acceptors (Lipinski definition) is 3. The Balaban J connectivity index is 2.48. The molecule has 1 rings (SSSR count). The Labute approximate surface area is 92.3 Å². The molecular weight excluding hydrogens is 188 g/mol. The Morgan fingerprint density at radius 3 is 2.73 bits per heavy atom. The van der Waals surface area contributed by atoms with Crippen LogP contribution in [0, 0.1) is 0 Å². The first kappa shape index (κ1) is 12.2. The zero-order valence-corrected chi connectivity index (χ0v) is 10.2. The van der Waals surface area contributed by atoms with Crippen molar-refractivity contribution in [3.05, 3.63) is 17.8 Å². The van der Waals surface area contributed by atoms with Crippen molar-refractivity contribution in [1.82, 2.24) is 10.3 Å². The standard InChI is InChI=1S/C12H22N2O/c1-5-6-10(4)11-7-14-12(15-11)8-13-9(2)3/h7,9-10,13H,5-6,8H2,1-4H3. The van der Waals surface area contributed by atoms with E-state index in [0.717, 1.165) is 24.6 Å². The number of nitrogens with zero attached hydrogens (tertiary/aromatic N) is 1. The zero-order chi connectivity index (χ0) is 11.3. The smallest absolute Gasteiger partial charge is 0.208 e. The second-order valence-corrected chi connectivity index (χ2v) is 4.38. The molecule has 0 bridgehead atoms. The fourth-order valence-corrected chi connectivity index (χ4v) is 1.50. The quantitative estimate of drug-likeness (QED) is 0.784. The van der Waals surface area contributed by atoms with Crippen molar-refractivity contribution >= 4 is 0 Å². The minimum absolute atomic E-state index is 0.466. The minimum Gasteiger partial charge on any atom is -0.444 e. The van der Waals surface area contributed by atoms with Crippen LogP contribution in [0.5, 0.6) is 0 Å². The minimum atomic E-state index is 0.466. The van der Waals surface area contributed by atoms with Gasteiger partial charge in [0.05, 0.1) is 12.7 Å². The van der Waals surface area contributed by atoms with Crippen LogP contribution in [0.2, 0.25) is 0 Å². The fourth-order valence-electron chi connectivity index (χ4n) is 1.50. The lowest BCUT2D eigenvalue weighted by Gasteiger charge is -2.06. The third-order valence-corrected chi connectivity index (χ3v) is 2.44. The van der Waals surface area contributed by atoms with Gasteiger partial charge in [0.15, 0.2) is 0 Å². The van der Waals surface area contributed by atoms with E-state index in [-0.39, 0.29) is 0 Å². The molecule has 3 heteroatoms. The van der Waals surface area contributed by atoms with Gasteiger partial charge in [-0.2, -0.15) is 0 Å². The lowest BCUT2D eigenvalue weighted by molar-refractivity contribution is 0.401. The van der Waals surface area contributed by atoms with Crippen LogP contribution in [0.25, 0.3) is 0 Å². The van der Waals surface area contributed by atoms with Crippen molar-refractivity contribution in [1.29, 1.82) is 0 Å². The van der Waals surface area contributed by atoms with Gasteiger partial charge < -0.3 is 9.73 Å². The van der Waals surface area contributed by atoms with Gasteiger partial charge in [0, 0.05) is 12.0 Å². The van der Waals surface area contributed by atoms with E-state index in [1.807, 2.05) is 6.20 Å². The SMILES string of the molecule is CCCC(C)c1cnc(CNC(C)C)o1. The number of nitrogens with one attached hydrogen (secondary N) is 1. The molecule has 0 aromatic carbocycles. The van der Waals surface area contributed by atoms with Crippen molar-refractivity contribution in [2.45, 2.75) is 59.0 Å². The average molecular weight is 210 g/mol. The number of hydrogen-bond donors (Lipinski definition) is 1. The second-order valence-electron chi connectivity index (χ2n) is 4.38. The Morgan fingerprint density at radius 1 is 1.40 bits per heavy atom. The maximum Gasteiger partial charge on any atom is 0.208 e. The predicted octanol–water partition coefficient (Wildman–Crippen LogP) is 3.08. The van der Waals surface area contributed by atoms with Crippen molar-refractivity contribution in [2.75, 3.05) is 0 Å². The molecule has 0 spiro atoms. The van der Waals surface area contributed by atoms with E-state index in [1.165, 1.54) is 6.42 Å². The molecule has 86 valence electrons. The van der Waals surface area contributed by atoms with Gasteiger partial charge >= 0.3 is 0 Å². The van der Waals surface area contributed by atoms with Gasteiger partial charge in [-0.15, -0.1) is 0 Å². The predicted molar refractivity (Wildman–Crippen MR) is 61.8 cm³/mol. The molecule has 3 nitrogen and oxygen atoms in total. The third-order valence-electron chi connectivity index (χ3n) is 2.44. The Kier molecular flexibility index (Phi) is 4.82. The zero-order valence-electron chi connectivity index (χ0n) is 10.2. The largest absolute Gasteiger partial charge is 0.444 e. The topological polar surface area (TPSA) is 38.1 Å². The van der Waals surface area contributed by atoms with Gasteiger partial charge in [-0.3, -0.25) is 0 Å². The molecule has 0 aliphatic heterocycles. The van der Waals surface area contributed by atoms with E-state index >= 15 is 0 Å². The molecule has 1 unspecified atom stereocenters. The Hall–Kier alpha value is -0.830. The number of rotatable bonds is 6. The first-order valence-electron chi connectivity index (χ1n) is 5.81. The molecule has 0 aliphatic carbocycles. The summed E-state index contributed by atoms with van der Waals surface area (Å²) >= 11 is 0. The molecule has 0 fully saturated rings. The Bertz CT molecular complexity index is 281. The molecule has 1 aromatic heterocycles. The second kappa shape index (κ2) is 5.91. The van der Waals surface area contributed by atoms with E-state index in [4.69, 9.17) is 4.42 Å². The highest BCUT2D eigenvalue weighted by Crippen LogP contribution is 2.20. The van der Waals surface area contributed by atoms with Crippen molar-refractivity contribution in [2.24, 2.45) is 0 Å². The van der Waals surface area contributed by atoms with E-state index < -0.39 is 0 Å². The van der Waals surface area contributed by atoms with Crippen LogP contribution in [-0.4, -0.2) is 11.0 Å². The van der Waals surface area contributed by atoms with Crippen LogP contribution in [0.15, 0.2) is 10.6 Å². The molecule has 1 atom stereocenters. The van der Waals surface area contributed by atoms with Gasteiger partial charge in [0.2, 0.25) is 5.89 Å². The highest BCUT2D eigenvalue weighted by Gasteiger charge is 2.10. The van der Waals surface area contributed by atoms with Gasteiger partial charge in [-0.25, -0.2) is 4.98 Å². The highest BCUT2D eigenvalue weighted by molar-refractivity contribution is 5.00. The van der Waals surface area contributed by atoms with Crippen molar-refractivity contribution < 1.29 is 4.42 Å². The summed E-state index contributed by atoms with van der Waals surface area (Å²) in [6, 6.07) is 0.466. The molecule has 0 amide bonds. The van der Waals surface area contributed by atoms with Crippen LogP contribution in [0.3, 0.4) is 0 Å². The monoisotopic (exact) mass is 210 g/mol. The molecular formula is C12H22N2O. The molecule has 0 radical (unpaired) electrons. The molecule has 1 aromatic rings. The normalized spacial score (nSPS) is 13.4. The first-order valence-corrected chi connectivity index (χ1v) is 5.81. The summed E-state index contributed by atoms with van der Waals surface area (Å²) in [4.78, 5) is 4.26. The van der Waals surface area contributed by atoms with Crippen LogP contribution < -0.4 is 5.32 Å². The lowest BCUT2D eigenvalue weighted by atomic mass is 10.0. The lowest BCUT2D eigenvalue weighted by Crippen LogP contribution is -2.21. The molecule has 1 N–H and O–H groups in total. The summed E-state index contributed by atoms with van der Waals surface area (Å²) < 4.78 is 5.67. The van der Waals surface area contributed by atoms with E-state index in [2.05, 4.69) is 38.0 Å². The van der Waals surface area contributed by atoms with Gasteiger partial charge in [-0.1, -0.05) is 34.1 Å². The van der Waals surface area contributed by atoms with Gasteiger partial charge in [0.25, 0.3) is 0 Å². The Morgan fingerprint density at radius 2 is 2.13 bits per heavy atom. The van der Waals surface area contributed by atoms with E-state index in [0.29, 0.717) is 12.0 Å². The molecule has 0 saturated heterocycles. The summed E-state index contributed by atoms with van der Waals surface area (Å²) in [5.41, 5.74) is 0. The first-order chi connectivity index (χ1) is 7.13. The van der Waals surface area contributed by atoms with Crippen LogP contribution in [-0.2, 0) is 6.54 Å². The molecule has 0 saturated carbocycles. The van der Waals surface area contributed by atoms with Crippen LogP contribution >= 0.6 is 0 Å². The fraction of sp³-hybridized carbons (Fsp3) is 0.750. The average Bonchev–Trinajstić information content (AvgIpc) is 2.63. The molecule has 1 heterocycles. The van der Waals surface area contributed by atoms with Crippen molar-refractivity contribution in [3.63, 3.8) is 0 Å². The molecule has 0 aliphatic rings. The van der Waals surface area contributed by atoms with Crippen LogP contribution in [0.4, 0.5) is 0 Å². The summed E-state index contributed by atoms with van der Waals surface area (Å²) in [5, 5.41) is 3.29. The number of aromatic nitrogens is 1. The highest BCUT2D eigenvalue weighted by atomic mass is 16.4. The van der Waals surface area contributed by atoms with Crippen molar-refractivity contribution in [3.8, 4) is 0 Å². The summed E-state index contributed by atoms with van der Waals surface area (Å²) in [5.74, 6) is 2.29. The third kappa shape index (κ3) is 4.04. The number of oxazole rings is 1. The van der Waals surface area contributed by atoms with Gasteiger partial charge in [-0.05, 0) is 6.42 Å². The molecule has 15 heavy (non-hydrogen) atoms.